The Labute approximate surface area is 164 Å². The number of nitrogens with zero attached hydrogens (tertiary/aromatic N) is 3. The maximum absolute atomic E-state index is 12.7. The third-order valence-electron chi connectivity index (χ3n) is 5.96. The van der Waals surface area contributed by atoms with Gasteiger partial charge in [-0.05, 0) is 64.5 Å². The highest BCUT2D eigenvalue weighted by atomic mass is 16.2. The summed E-state index contributed by atoms with van der Waals surface area (Å²) in [7, 11) is 0. The fourth-order valence-corrected chi connectivity index (χ4v) is 4.62. The zero-order valence-electron chi connectivity index (χ0n) is 16.3. The lowest BCUT2D eigenvalue weighted by Crippen LogP contribution is -2.55. The van der Waals surface area contributed by atoms with Crippen LogP contribution < -0.4 is 10.6 Å². The molecular weight excluding hydrogens is 354 g/mol. The summed E-state index contributed by atoms with van der Waals surface area (Å²) in [5.74, 6) is -0.339. The molecule has 0 radical (unpaired) electrons. The number of carbonyl (C=O) groups is 2. The third kappa shape index (κ3) is 3.61. The minimum atomic E-state index is -0.296. The van der Waals surface area contributed by atoms with Crippen molar-refractivity contribution in [1.29, 1.82) is 0 Å². The molecule has 146 valence electrons. The van der Waals surface area contributed by atoms with Crippen LogP contribution in [0.3, 0.4) is 0 Å². The predicted molar refractivity (Wildman–Crippen MR) is 104 cm³/mol. The Kier molecular flexibility index (Phi) is 4.61. The fraction of sp³-hybridized carbons (Fsp3) is 0.476. The largest absolute Gasteiger partial charge is 0.345 e. The maximum atomic E-state index is 12.7. The molecule has 0 aliphatic heterocycles. The molecular formula is C21H25N5O2. The van der Waals surface area contributed by atoms with Crippen LogP contribution in [0.5, 0.6) is 0 Å². The van der Waals surface area contributed by atoms with Crippen LogP contribution in [0, 0.1) is 13.8 Å². The van der Waals surface area contributed by atoms with Gasteiger partial charge in [0.15, 0.2) is 0 Å². The van der Waals surface area contributed by atoms with Crippen LogP contribution >= 0.6 is 0 Å². The van der Waals surface area contributed by atoms with Crippen LogP contribution in [0.25, 0.3) is 0 Å². The number of nitrogens with one attached hydrogen (secondary N) is 2. The average Bonchev–Trinajstić information content (AvgIpc) is 2.92. The molecule has 28 heavy (non-hydrogen) atoms. The van der Waals surface area contributed by atoms with E-state index in [0.29, 0.717) is 11.4 Å². The summed E-state index contributed by atoms with van der Waals surface area (Å²) < 4.78 is 0. The number of hydrogen-bond donors (Lipinski definition) is 2. The Morgan fingerprint density at radius 3 is 2.14 bits per heavy atom. The van der Waals surface area contributed by atoms with E-state index in [0.717, 1.165) is 49.9 Å². The molecule has 2 aromatic rings. The van der Waals surface area contributed by atoms with Crippen molar-refractivity contribution in [2.75, 3.05) is 0 Å². The lowest BCUT2D eigenvalue weighted by molar-refractivity contribution is 0.0826. The van der Waals surface area contributed by atoms with Crippen molar-refractivity contribution >= 4 is 11.8 Å². The highest BCUT2D eigenvalue weighted by Gasteiger charge is 2.52. The fourth-order valence-electron chi connectivity index (χ4n) is 4.62. The van der Waals surface area contributed by atoms with Crippen molar-refractivity contribution in [2.24, 2.45) is 0 Å². The molecule has 2 N–H and O–H groups in total. The monoisotopic (exact) mass is 379 g/mol. The number of fused-ring (bicyclic) bond motifs is 2. The van der Waals surface area contributed by atoms with Crippen molar-refractivity contribution in [1.82, 2.24) is 25.6 Å². The highest BCUT2D eigenvalue weighted by molar-refractivity contribution is 5.93. The molecule has 2 aromatic heterocycles. The number of aromatic nitrogens is 3. The number of carbonyl (C=O) groups excluding carboxylic acids is 2. The quantitative estimate of drug-likeness (QED) is 0.851. The van der Waals surface area contributed by atoms with E-state index in [-0.39, 0.29) is 22.9 Å². The van der Waals surface area contributed by atoms with Crippen molar-refractivity contribution in [2.45, 2.75) is 63.5 Å². The Bertz CT molecular complexity index is 913. The molecule has 0 aromatic carbocycles. The molecule has 0 spiro atoms. The van der Waals surface area contributed by atoms with Crippen LogP contribution in [0.15, 0.2) is 30.6 Å². The van der Waals surface area contributed by atoms with Crippen molar-refractivity contribution in [3.63, 3.8) is 0 Å². The first-order chi connectivity index (χ1) is 13.4. The van der Waals surface area contributed by atoms with E-state index in [9.17, 15) is 9.59 Å². The van der Waals surface area contributed by atoms with E-state index in [2.05, 4.69) is 25.6 Å². The van der Waals surface area contributed by atoms with E-state index >= 15 is 0 Å². The molecule has 2 aliphatic carbocycles. The van der Waals surface area contributed by atoms with Gasteiger partial charge in [0.05, 0.1) is 11.9 Å². The van der Waals surface area contributed by atoms with Gasteiger partial charge in [-0.15, -0.1) is 0 Å². The van der Waals surface area contributed by atoms with Crippen LogP contribution in [-0.2, 0) is 0 Å². The summed E-state index contributed by atoms with van der Waals surface area (Å²) in [6.45, 7) is 3.71. The minimum absolute atomic E-state index is 0.142. The van der Waals surface area contributed by atoms with Crippen molar-refractivity contribution in [3.8, 4) is 0 Å². The molecule has 2 unspecified atom stereocenters. The van der Waals surface area contributed by atoms with Gasteiger partial charge in [0, 0.05) is 23.0 Å². The molecule has 2 aliphatic rings. The second kappa shape index (κ2) is 6.96. The van der Waals surface area contributed by atoms with E-state index in [1.807, 2.05) is 26.0 Å². The summed E-state index contributed by atoms with van der Waals surface area (Å²) >= 11 is 0. The van der Waals surface area contributed by atoms with Gasteiger partial charge in [0.1, 0.15) is 11.4 Å². The topological polar surface area (TPSA) is 96.9 Å². The predicted octanol–water partition coefficient (Wildman–Crippen LogP) is 2.49. The lowest BCUT2D eigenvalue weighted by Gasteiger charge is -2.40. The van der Waals surface area contributed by atoms with Gasteiger partial charge in [0.2, 0.25) is 0 Å². The number of hydrogen-bond acceptors (Lipinski definition) is 5. The smallest absolute Gasteiger partial charge is 0.271 e. The summed E-state index contributed by atoms with van der Waals surface area (Å²) in [5.41, 5.74) is 1.79. The molecule has 2 bridgehead atoms. The summed E-state index contributed by atoms with van der Waals surface area (Å²) in [4.78, 5) is 38.1. The number of aryl methyl sites for hydroxylation is 2. The van der Waals surface area contributed by atoms with Crippen LogP contribution in [-0.4, -0.2) is 37.8 Å². The summed E-state index contributed by atoms with van der Waals surface area (Å²) in [6, 6.07) is 5.46. The molecule has 4 rings (SSSR count). The zero-order valence-corrected chi connectivity index (χ0v) is 16.3. The van der Waals surface area contributed by atoms with Gasteiger partial charge < -0.3 is 10.6 Å². The Morgan fingerprint density at radius 2 is 1.54 bits per heavy atom. The SMILES string of the molecule is Cc1cnc(C(=O)NC23CCCC(NC(=O)c4cccc(C)n4)(CC2)C3)cn1. The van der Waals surface area contributed by atoms with Gasteiger partial charge in [-0.25, -0.2) is 9.97 Å². The average molecular weight is 379 g/mol. The third-order valence-corrected chi connectivity index (χ3v) is 5.96. The number of pyridine rings is 1. The summed E-state index contributed by atoms with van der Waals surface area (Å²) in [5, 5.41) is 6.43. The number of rotatable bonds is 4. The van der Waals surface area contributed by atoms with E-state index < -0.39 is 0 Å². The van der Waals surface area contributed by atoms with Crippen LogP contribution in [0.4, 0.5) is 0 Å². The molecule has 2 atom stereocenters. The van der Waals surface area contributed by atoms with Gasteiger partial charge in [0.25, 0.3) is 11.8 Å². The number of amides is 2. The Balaban J connectivity index is 1.47. The van der Waals surface area contributed by atoms with Gasteiger partial charge in [-0.2, -0.15) is 0 Å². The summed E-state index contributed by atoms with van der Waals surface area (Å²) in [6.07, 6.45) is 8.35. The van der Waals surface area contributed by atoms with Crippen LogP contribution in [0.1, 0.15) is 70.9 Å². The second-order valence-electron chi connectivity index (χ2n) is 8.21. The second-order valence-corrected chi connectivity index (χ2v) is 8.21. The maximum Gasteiger partial charge on any atom is 0.271 e. The highest BCUT2D eigenvalue weighted by Crippen LogP contribution is 2.48. The minimum Gasteiger partial charge on any atom is -0.345 e. The molecule has 7 nitrogen and oxygen atoms in total. The normalized spacial score (nSPS) is 25.9. The first-order valence-corrected chi connectivity index (χ1v) is 9.76. The van der Waals surface area contributed by atoms with Gasteiger partial charge in [-0.3, -0.25) is 14.6 Å². The lowest BCUT2D eigenvalue weighted by atomic mass is 9.78. The van der Waals surface area contributed by atoms with Crippen molar-refractivity contribution < 1.29 is 9.59 Å². The molecule has 7 heteroatoms. The van der Waals surface area contributed by atoms with Crippen LogP contribution in [0.2, 0.25) is 0 Å². The molecule has 2 fully saturated rings. The molecule has 0 saturated heterocycles. The first-order valence-electron chi connectivity index (χ1n) is 9.76. The first kappa shape index (κ1) is 18.5. The Hall–Kier alpha value is -2.83. The van der Waals surface area contributed by atoms with Gasteiger partial charge in [-0.1, -0.05) is 6.07 Å². The standard InChI is InChI=1S/C21H25N5O2/c1-14-5-3-6-16(24-14)18(27)25-20-7-4-8-21(13-20,10-9-20)26-19(28)17-12-22-15(2)11-23-17/h3,5-6,11-12H,4,7-10,13H2,1-2H3,(H,25,27)(H,26,28). The van der Waals surface area contributed by atoms with Gasteiger partial charge >= 0.3 is 0 Å². The molecule has 2 heterocycles. The van der Waals surface area contributed by atoms with E-state index in [4.69, 9.17) is 0 Å². The zero-order chi connectivity index (χ0) is 19.8. The Morgan fingerprint density at radius 1 is 0.857 bits per heavy atom. The van der Waals surface area contributed by atoms with E-state index in [1.54, 1.807) is 12.3 Å². The van der Waals surface area contributed by atoms with Crippen molar-refractivity contribution in [3.05, 3.63) is 53.4 Å². The molecule has 2 amide bonds. The van der Waals surface area contributed by atoms with E-state index in [1.165, 1.54) is 6.20 Å². The molecule has 2 saturated carbocycles.